The smallest absolute Gasteiger partial charge is 0.407 e. The van der Waals surface area contributed by atoms with E-state index in [4.69, 9.17) is 5.11 Å². The number of amides is 1. The van der Waals surface area contributed by atoms with Crippen molar-refractivity contribution in [1.82, 2.24) is 4.90 Å². The molecule has 98 valence electrons. The van der Waals surface area contributed by atoms with Crippen LogP contribution >= 0.6 is 15.9 Å². The molecule has 1 aromatic carbocycles. The highest BCUT2D eigenvalue weighted by atomic mass is 79.9. The summed E-state index contributed by atoms with van der Waals surface area (Å²) in [4.78, 5) is 12.2. The molecule has 1 aromatic rings. The van der Waals surface area contributed by atoms with Gasteiger partial charge in [0.05, 0.1) is 16.6 Å². The lowest BCUT2D eigenvalue weighted by atomic mass is 10.0. The third-order valence-electron chi connectivity index (χ3n) is 3.22. The standard InChI is InChI=1S/C12H13BrFNO3/c13-8-3-1-2-7(11(8)14)6-9-10(16)4-5-15(9)12(17)18/h1-3,9-10,16H,4-6H2,(H,17,18)/t9-,10-/m0/s1. The van der Waals surface area contributed by atoms with E-state index in [1.807, 2.05) is 0 Å². The zero-order valence-electron chi connectivity index (χ0n) is 9.51. The van der Waals surface area contributed by atoms with Gasteiger partial charge in [-0.25, -0.2) is 9.18 Å². The van der Waals surface area contributed by atoms with Gasteiger partial charge in [0.15, 0.2) is 0 Å². The summed E-state index contributed by atoms with van der Waals surface area (Å²) < 4.78 is 14.2. The lowest BCUT2D eigenvalue weighted by molar-refractivity contribution is 0.0998. The van der Waals surface area contributed by atoms with E-state index < -0.39 is 24.1 Å². The summed E-state index contributed by atoms with van der Waals surface area (Å²) >= 11 is 3.09. The van der Waals surface area contributed by atoms with E-state index in [9.17, 15) is 14.3 Å². The van der Waals surface area contributed by atoms with Gasteiger partial charge < -0.3 is 15.1 Å². The number of hydrogen-bond acceptors (Lipinski definition) is 2. The molecule has 0 unspecified atom stereocenters. The molecule has 2 N–H and O–H groups in total. The minimum Gasteiger partial charge on any atom is -0.465 e. The quantitative estimate of drug-likeness (QED) is 0.879. The Morgan fingerprint density at radius 1 is 1.56 bits per heavy atom. The van der Waals surface area contributed by atoms with Crippen LogP contribution in [-0.4, -0.2) is 39.9 Å². The predicted octanol–water partition coefficient (Wildman–Crippen LogP) is 2.24. The Morgan fingerprint density at radius 3 is 2.94 bits per heavy atom. The SMILES string of the molecule is O=C(O)N1CC[C@H](O)[C@@H]1Cc1cccc(Br)c1F. The van der Waals surface area contributed by atoms with Crippen molar-refractivity contribution in [3.8, 4) is 0 Å². The summed E-state index contributed by atoms with van der Waals surface area (Å²) in [5, 5.41) is 18.8. The van der Waals surface area contributed by atoms with Crippen molar-refractivity contribution in [3.05, 3.63) is 34.1 Å². The molecule has 18 heavy (non-hydrogen) atoms. The first-order valence-corrected chi connectivity index (χ1v) is 6.40. The van der Waals surface area contributed by atoms with Gasteiger partial charge in [-0.3, -0.25) is 0 Å². The van der Waals surface area contributed by atoms with Gasteiger partial charge in [-0.05, 0) is 40.4 Å². The molecular formula is C12H13BrFNO3. The van der Waals surface area contributed by atoms with Crippen LogP contribution in [0.2, 0.25) is 0 Å². The first-order chi connectivity index (χ1) is 8.50. The Morgan fingerprint density at radius 2 is 2.28 bits per heavy atom. The zero-order chi connectivity index (χ0) is 13.3. The van der Waals surface area contributed by atoms with E-state index in [1.165, 1.54) is 4.90 Å². The maximum Gasteiger partial charge on any atom is 0.407 e. The van der Waals surface area contributed by atoms with Crippen molar-refractivity contribution < 1.29 is 19.4 Å². The molecule has 1 aliphatic rings. The summed E-state index contributed by atoms with van der Waals surface area (Å²) in [6.45, 7) is 0.288. The lowest BCUT2D eigenvalue weighted by Crippen LogP contribution is -2.40. The van der Waals surface area contributed by atoms with Gasteiger partial charge in [0.1, 0.15) is 5.82 Å². The maximum absolute atomic E-state index is 13.8. The molecule has 0 radical (unpaired) electrons. The largest absolute Gasteiger partial charge is 0.465 e. The monoisotopic (exact) mass is 317 g/mol. The summed E-state index contributed by atoms with van der Waals surface area (Å²) in [6, 6.07) is 4.30. The Balaban J connectivity index is 2.21. The average Bonchev–Trinajstić information content (AvgIpc) is 2.67. The number of halogens is 2. The third-order valence-corrected chi connectivity index (χ3v) is 3.83. The summed E-state index contributed by atoms with van der Waals surface area (Å²) in [7, 11) is 0. The number of rotatable bonds is 2. The molecule has 0 bridgehead atoms. The predicted molar refractivity (Wildman–Crippen MR) is 66.9 cm³/mol. The van der Waals surface area contributed by atoms with Crippen molar-refractivity contribution in [1.29, 1.82) is 0 Å². The molecular weight excluding hydrogens is 305 g/mol. The van der Waals surface area contributed by atoms with Crippen molar-refractivity contribution in [3.63, 3.8) is 0 Å². The number of carboxylic acid groups (broad SMARTS) is 1. The van der Waals surface area contributed by atoms with Crippen molar-refractivity contribution >= 4 is 22.0 Å². The number of aliphatic hydroxyl groups excluding tert-OH is 1. The van der Waals surface area contributed by atoms with Gasteiger partial charge in [-0.15, -0.1) is 0 Å². The number of aliphatic hydroxyl groups is 1. The van der Waals surface area contributed by atoms with Crippen LogP contribution in [0.5, 0.6) is 0 Å². The normalized spacial score (nSPS) is 23.4. The number of likely N-dealkylation sites (tertiary alicyclic amines) is 1. The van der Waals surface area contributed by atoms with E-state index >= 15 is 0 Å². The topological polar surface area (TPSA) is 60.8 Å². The summed E-state index contributed by atoms with van der Waals surface area (Å²) in [5.74, 6) is -0.401. The third kappa shape index (κ3) is 2.49. The van der Waals surface area contributed by atoms with Gasteiger partial charge in [-0.2, -0.15) is 0 Å². The number of carbonyl (C=O) groups is 1. The van der Waals surface area contributed by atoms with Gasteiger partial charge >= 0.3 is 6.09 Å². The van der Waals surface area contributed by atoms with Crippen LogP contribution in [0.1, 0.15) is 12.0 Å². The molecule has 0 aromatic heterocycles. The molecule has 1 saturated heterocycles. The van der Waals surface area contributed by atoms with Crippen molar-refractivity contribution in [2.75, 3.05) is 6.54 Å². The summed E-state index contributed by atoms with van der Waals surface area (Å²) in [6.07, 6.45) is -1.24. The van der Waals surface area contributed by atoms with Gasteiger partial charge in [0.25, 0.3) is 0 Å². The molecule has 0 aliphatic carbocycles. The Bertz CT molecular complexity index is 469. The minimum absolute atomic E-state index is 0.179. The van der Waals surface area contributed by atoms with Crippen LogP contribution in [0.3, 0.4) is 0 Å². The van der Waals surface area contributed by atoms with Gasteiger partial charge in [-0.1, -0.05) is 12.1 Å². The van der Waals surface area contributed by atoms with E-state index in [-0.39, 0.29) is 13.0 Å². The maximum atomic E-state index is 13.8. The fourth-order valence-corrected chi connectivity index (χ4v) is 2.66. The molecule has 2 atom stereocenters. The van der Waals surface area contributed by atoms with Crippen molar-refractivity contribution in [2.45, 2.75) is 25.0 Å². The Labute approximate surface area is 112 Å². The molecule has 1 fully saturated rings. The number of nitrogens with zero attached hydrogens (tertiary/aromatic N) is 1. The fraction of sp³-hybridized carbons (Fsp3) is 0.417. The summed E-state index contributed by atoms with van der Waals surface area (Å²) in [5.41, 5.74) is 0.404. The first-order valence-electron chi connectivity index (χ1n) is 5.61. The van der Waals surface area contributed by atoms with Crippen LogP contribution in [0.4, 0.5) is 9.18 Å². The molecule has 6 heteroatoms. The van der Waals surface area contributed by atoms with E-state index in [0.29, 0.717) is 16.5 Å². The molecule has 1 aliphatic heterocycles. The molecule has 0 spiro atoms. The lowest BCUT2D eigenvalue weighted by Gasteiger charge is -2.23. The van der Waals surface area contributed by atoms with E-state index in [1.54, 1.807) is 18.2 Å². The Kier molecular flexibility index (Phi) is 3.87. The van der Waals surface area contributed by atoms with E-state index in [0.717, 1.165) is 0 Å². The van der Waals surface area contributed by atoms with Gasteiger partial charge in [0.2, 0.25) is 0 Å². The second-order valence-electron chi connectivity index (χ2n) is 4.32. The van der Waals surface area contributed by atoms with Crippen molar-refractivity contribution in [2.24, 2.45) is 0 Å². The van der Waals surface area contributed by atoms with Crippen LogP contribution in [0.25, 0.3) is 0 Å². The van der Waals surface area contributed by atoms with Crippen LogP contribution in [-0.2, 0) is 6.42 Å². The fourth-order valence-electron chi connectivity index (χ4n) is 2.25. The highest BCUT2D eigenvalue weighted by molar-refractivity contribution is 9.10. The number of benzene rings is 1. The zero-order valence-corrected chi connectivity index (χ0v) is 11.1. The average molecular weight is 318 g/mol. The van der Waals surface area contributed by atoms with E-state index in [2.05, 4.69) is 15.9 Å². The molecule has 2 rings (SSSR count). The molecule has 4 nitrogen and oxygen atoms in total. The van der Waals surface area contributed by atoms with Crippen LogP contribution in [0, 0.1) is 5.82 Å². The molecule has 0 saturated carbocycles. The first kappa shape index (κ1) is 13.3. The molecule has 1 amide bonds. The number of hydrogen-bond donors (Lipinski definition) is 2. The van der Waals surface area contributed by atoms with Gasteiger partial charge in [0, 0.05) is 6.54 Å². The second kappa shape index (κ2) is 5.24. The van der Waals surface area contributed by atoms with Crippen LogP contribution in [0.15, 0.2) is 22.7 Å². The molecule has 1 heterocycles. The second-order valence-corrected chi connectivity index (χ2v) is 5.17. The Hall–Kier alpha value is -1.14. The van der Waals surface area contributed by atoms with Crippen LogP contribution < -0.4 is 0 Å². The highest BCUT2D eigenvalue weighted by Crippen LogP contribution is 2.25. The minimum atomic E-state index is -1.08. The highest BCUT2D eigenvalue weighted by Gasteiger charge is 2.36.